The van der Waals surface area contributed by atoms with Crippen molar-refractivity contribution in [2.75, 3.05) is 48.4 Å². The number of nitrogens with zero attached hydrogens (tertiary/aromatic N) is 4. The lowest BCUT2D eigenvalue weighted by molar-refractivity contribution is 0.0690. The first-order valence-electron chi connectivity index (χ1n) is 11.7. The van der Waals surface area contributed by atoms with Gasteiger partial charge in [0.15, 0.2) is 0 Å². The number of carboxylic acid groups (broad SMARTS) is 1. The molecule has 2 aliphatic rings. The third-order valence-corrected chi connectivity index (χ3v) is 6.05. The van der Waals surface area contributed by atoms with Gasteiger partial charge in [0.2, 0.25) is 5.95 Å². The number of carbonyl (C=O) groups is 1. The van der Waals surface area contributed by atoms with Crippen LogP contribution in [0.1, 0.15) is 28.9 Å². The first-order chi connectivity index (χ1) is 17.1. The number of nitrogens with one attached hydrogen (secondary N) is 3. The molecule has 3 heterocycles. The fraction of sp³-hybridized carbons (Fsp3) is 0.320. The van der Waals surface area contributed by atoms with Gasteiger partial charge in [-0.3, -0.25) is 0 Å². The highest BCUT2D eigenvalue weighted by molar-refractivity contribution is 5.88. The van der Waals surface area contributed by atoms with E-state index in [-0.39, 0.29) is 5.69 Å². The average molecular weight is 474 g/mol. The van der Waals surface area contributed by atoms with Crippen LogP contribution in [0.5, 0.6) is 0 Å². The molecule has 0 unspecified atom stereocenters. The maximum absolute atomic E-state index is 11.1. The largest absolute Gasteiger partial charge is 0.477 e. The molecule has 0 atom stereocenters. The van der Waals surface area contributed by atoms with Gasteiger partial charge in [-0.25, -0.2) is 14.8 Å². The molecule has 0 amide bonds. The smallest absolute Gasteiger partial charge is 0.354 e. The van der Waals surface area contributed by atoms with E-state index in [1.807, 2.05) is 24.3 Å². The van der Waals surface area contributed by atoms with Gasteiger partial charge in [0.25, 0.3) is 0 Å². The Hall–Kier alpha value is -4.05. The number of hydrogen-bond acceptors (Lipinski definition) is 9. The monoisotopic (exact) mass is 473 g/mol. The van der Waals surface area contributed by atoms with Crippen molar-refractivity contribution < 1.29 is 14.6 Å². The van der Waals surface area contributed by atoms with Gasteiger partial charge in [0, 0.05) is 48.7 Å². The summed E-state index contributed by atoms with van der Waals surface area (Å²) in [6, 6.07) is 10.9. The molecule has 180 valence electrons. The molecular formula is C25H27N7O3. The molecule has 1 saturated carbocycles. The highest BCUT2D eigenvalue weighted by Crippen LogP contribution is 2.31. The van der Waals surface area contributed by atoms with Gasteiger partial charge < -0.3 is 30.8 Å². The van der Waals surface area contributed by atoms with E-state index < -0.39 is 5.97 Å². The van der Waals surface area contributed by atoms with Crippen LogP contribution in [0, 0.1) is 11.3 Å². The van der Waals surface area contributed by atoms with Gasteiger partial charge in [-0.1, -0.05) is 12.1 Å². The van der Waals surface area contributed by atoms with Crippen molar-refractivity contribution in [1.29, 1.82) is 5.41 Å². The average Bonchev–Trinajstić information content (AvgIpc) is 3.72. The number of pyridine rings is 1. The van der Waals surface area contributed by atoms with E-state index in [9.17, 15) is 4.79 Å². The SMILES string of the molecule is N=Cc1ccc(-c2cc(Nc3ccc(C(=O)O)nc3)nc(N3CCOCC3)n2)cc1NCC1CC1. The molecule has 3 aromatic rings. The van der Waals surface area contributed by atoms with E-state index >= 15 is 0 Å². The molecule has 10 heteroatoms. The van der Waals surface area contributed by atoms with Crippen LogP contribution in [0.15, 0.2) is 42.6 Å². The van der Waals surface area contributed by atoms with Crippen molar-refractivity contribution in [3.63, 3.8) is 0 Å². The number of benzene rings is 1. The summed E-state index contributed by atoms with van der Waals surface area (Å²) in [5, 5.41) is 23.6. The molecule has 1 aliphatic carbocycles. The number of carboxylic acids is 1. The first kappa shape index (κ1) is 22.7. The van der Waals surface area contributed by atoms with Gasteiger partial charge in [-0.05, 0) is 37.0 Å². The Bertz CT molecular complexity index is 1220. The minimum atomic E-state index is -1.07. The summed E-state index contributed by atoms with van der Waals surface area (Å²) in [5.74, 6) is 0.799. The highest BCUT2D eigenvalue weighted by Gasteiger charge is 2.21. The number of rotatable bonds is 9. The summed E-state index contributed by atoms with van der Waals surface area (Å²) in [5.41, 5.74) is 4.00. The Morgan fingerprint density at radius 1 is 1.17 bits per heavy atom. The van der Waals surface area contributed by atoms with Crippen molar-refractivity contribution in [2.45, 2.75) is 12.8 Å². The number of hydrogen-bond donors (Lipinski definition) is 4. The quantitative estimate of drug-likeness (QED) is 0.343. The van der Waals surface area contributed by atoms with E-state index in [0.29, 0.717) is 49.7 Å². The van der Waals surface area contributed by atoms with E-state index in [1.54, 1.807) is 6.07 Å². The Morgan fingerprint density at radius 3 is 2.69 bits per heavy atom. The maximum Gasteiger partial charge on any atom is 0.354 e. The van der Waals surface area contributed by atoms with Crippen molar-refractivity contribution in [2.24, 2.45) is 5.92 Å². The third-order valence-electron chi connectivity index (χ3n) is 6.05. The molecule has 35 heavy (non-hydrogen) atoms. The minimum absolute atomic E-state index is 0.0227. The predicted octanol–water partition coefficient (Wildman–Crippen LogP) is 3.64. The lowest BCUT2D eigenvalue weighted by atomic mass is 10.1. The van der Waals surface area contributed by atoms with Crippen LogP contribution < -0.4 is 15.5 Å². The molecule has 4 N–H and O–H groups in total. The van der Waals surface area contributed by atoms with Crippen molar-refractivity contribution in [3.8, 4) is 11.3 Å². The van der Waals surface area contributed by atoms with Gasteiger partial charge in [-0.15, -0.1) is 0 Å². The fourth-order valence-electron chi connectivity index (χ4n) is 3.86. The number of ether oxygens (including phenoxy) is 1. The number of morpholine rings is 1. The molecule has 2 fully saturated rings. The second kappa shape index (κ2) is 10.1. The number of aromatic carboxylic acids is 1. The van der Waals surface area contributed by atoms with E-state index in [0.717, 1.165) is 29.1 Å². The Morgan fingerprint density at radius 2 is 2.00 bits per heavy atom. The third kappa shape index (κ3) is 5.55. The zero-order chi connectivity index (χ0) is 24.2. The van der Waals surface area contributed by atoms with Crippen molar-refractivity contribution in [1.82, 2.24) is 15.0 Å². The summed E-state index contributed by atoms with van der Waals surface area (Å²) < 4.78 is 5.49. The zero-order valence-electron chi connectivity index (χ0n) is 19.2. The van der Waals surface area contributed by atoms with Gasteiger partial charge in [0.1, 0.15) is 11.5 Å². The number of aromatic nitrogens is 3. The molecular weight excluding hydrogens is 446 g/mol. The molecule has 10 nitrogen and oxygen atoms in total. The summed E-state index contributed by atoms with van der Waals surface area (Å²) in [6.45, 7) is 3.51. The summed E-state index contributed by atoms with van der Waals surface area (Å²) in [6.07, 6.45) is 5.33. The van der Waals surface area contributed by atoms with Crippen LogP contribution in [0.4, 0.5) is 23.1 Å². The molecule has 0 radical (unpaired) electrons. The molecule has 5 rings (SSSR count). The summed E-state index contributed by atoms with van der Waals surface area (Å²) in [7, 11) is 0. The highest BCUT2D eigenvalue weighted by atomic mass is 16.5. The predicted molar refractivity (Wildman–Crippen MR) is 134 cm³/mol. The van der Waals surface area contributed by atoms with E-state index in [2.05, 4.69) is 20.5 Å². The Kier molecular flexibility index (Phi) is 6.53. The Labute approximate surface area is 202 Å². The second-order valence-corrected chi connectivity index (χ2v) is 8.67. The van der Waals surface area contributed by atoms with Crippen LogP contribution >= 0.6 is 0 Å². The van der Waals surface area contributed by atoms with Gasteiger partial charge in [-0.2, -0.15) is 4.98 Å². The van der Waals surface area contributed by atoms with Crippen LogP contribution in [0.2, 0.25) is 0 Å². The molecule has 0 bridgehead atoms. The lowest BCUT2D eigenvalue weighted by Crippen LogP contribution is -2.37. The van der Waals surface area contributed by atoms with Crippen LogP contribution in [-0.4, -0.2) is 65.1 Å². The topological polar surface area (TPSA) is 136 Å². The molecule has 1 saturated heterocycles. The summed E-state index contributed by atoms with van der Waals surface area (Å²) >= 11 is 0. The first-order valence-corrected chi connectivity index (χ1v) is 11.7. The fourth-order valence-corrected chi connectivity index (χ4v) is 3.86. The molecule has 1 aromatic carbocycles. The zero-order valence-corrected chi connectivity index (χ0v) is 19.2. The maximum atomic E-state index is 11.1. The normalized spacial score (nSPS) is 15.5. The molecule has 1 aliphatic heterocycles. The molecule has 0 spiro atoms. The van der Waals surface area contributed by atoms with Gasteiger partial charge >= 0.3 is 5.97 Å². The van der Waals surface area contributed by atoms with Crippen LogP contribution in [-0.2, 0) is 4.74 Å². The van der Waals surface area contributed by atoms with Crippen molar-refractivity contribution in [3.05, 3.63) is 53.9 Å². The Balaban J connectivity index is 1.48. The van der Waals surface area contributed by atoms with E-state index in [4.69, 9.17) is 25.2 Å². The minimum Gasteiger partial charge on any atom is -0.477 e. The number of anilines is 4. The van der Waals surface area contributed by atoms with E-state index in [1.165, 1.54) is 31.3 Å². The second-order valence-electron chi connectivity index (χ2n) is 8.67. The lowest BCUT2D eigenvalue weighted by Gasteiger charge is -2.27. The van der Waals surface area contributed by atoms with Crippen molar-refractivity contribution >= 4 is 35.3 Å². The summed E-state index contributed by atoms with van der Waals surface area (Å²) in [4.78, 5) is 26.7. The standard InChI is InChI=1S/C25H27N7O3/c26-13-18-4-3-17(11-21(18)27-14-16-1-2-16)22-12-23(29-19-5-6-20(24(33)34)28-15-19)31-25(30-22)32-7-9-35-10-8-32/h3-6,11-13,15-16,26-27H,1-2,7-10,14H2,(H,33,34)(H,29,30,31). The molecule has 2 aromatic heterocycles. The van der Waals surface area contributed by atoms with Crippen LogP contribution in [0.25, 0.3) is 11.3 Å². The van der Waals surface area contributed by atoms with Gasteiger partial charge in [0.05, 0.1) is 30.8 Å². The van der Waals surface area contributed by atoms with Crippen LogP contribution in [0.3, 0.4) is 0 Å².